The van der Waals surface area contributed by atoms with Crippen molar-refractivity contribution in [3.63, 3.8) is 0 Å². The number of anilines is 1. The van der Waals surface area contributed by atoms with Crippen molar-refractivity contribution in [3.05, 3.63) is 35.7 Å². The van der Waals surface area contributed by atoms with Crippen LogP contribution < -0.4 is 5.32 Å². The van der Waals surface area contributed by atoms with Crippen LogP contribution in [0.25, 0.3) is 0 Å². The minimum absolute atomic E-state index is 0.0326. The molecule has 0 spiro atoms. The first kappa shape index (κ1) is 14.9. The highest BCUT2D eigenvalue weighted by Crippen LogP contribution is 2.34. The molecule has 1 fully saturated rings. The fourth-order valence-corrected chi connectivity index (χ4v) is 2.65. The molecule has 0 aliphatic heterocycles. The Hall–Kier alpha value is -2.03. The van der Waals surface area contributed by atoms with E-state index in [0.717, 1.165) is 30.8 Å². The standard InChI is InChI=1S/C13H13F2N5OS/c14-8-1-4-11(10(15)5-8)16-13(21)7-22-6-12-17-18-19-20(12)9-2-3-9/h1,4-5,9H,2-3,6-7H2,(H,16,21). The number of thioether (sulfide) groups is 1. The molecule has 1 aromatic carbocycles. The number of nitrogens with one attached hydrogen (secondary N) is 1. The highest BCUT2D eigenvalue weighted by Gasteiger charge is 2.27. The molecular weight excluding hydrogens is 312 g/mol. The first-order valence-corrected chi connectivity index (χ1v) is 7.88. The summed E-state index contributed by atoms with van der Waals surface area (Å²) in [4.78, 5) is 11.8. The van der Waals surface area contributed by atoms with Crippen molar-refractivity contribution in [2.45, 2.75) is 24.6 Å². The summed E-state index contributed by atoms with van der Waals surface area (Å²) in [6, 6.07) is 3.40. The summed E-state index contributed by atoms with van der Waals surface area (Å²) in [5.41, 5.74) is -0.0326. The fourth-order valence-electron chi connectivity index (χ4n) is 1.92. The van der Waals surface area contributed by atoms with Crippen LogP contribution in [0.4, 0.5) is 14.5 Å². The van der Waals surface area contributed by atoms with E-state index in [9.17, 15) is 13.6 Å². The maximum Gasteiger partial charge on any atom is 0.234 e. The van der Waals surface area contributed by atoms with E-state index in [2.05, 4.69) is 20.8 Å². The normalized spacial score (nSPS) is 14.1. The van der Waals surface area contributed by atoms with Gasteiger partial charge in [-0.3, -0.25) is 4.79 Å². The predicted molar refractivity (Wildman–Crippen MR) is 77.2 cm³/mol. The van der Waals surface area contributed by atoms with Crippen molar-refractivity contribution in [3.8, 4) is 0 Å². The number of amides is 1. The van der Waals surface area contributed by atoms with E-state index in [1.54, 1.807) is 4.68 Å². The molecule has 0 radical (unpaired) electrons. The number of tetrazole rings is 1. The molecule has 0 bridgehead atoms. The zero-order chi connectivity index (χ0) is 15.5. The molecule has 22 heavy (non-hydrogen) atoms. The lowest BCUT2D eigenvalue weighted by Crippen LogP contribution is -2.15. The number of carbonyl (C=O) groups is 1. The number of nitrogens with zero attached hydrogens (tertiary/aromatic N) is 4. The summed E-state index contributed by atoms with van der Waals surface area (Å²) in [5, 5.41) is 13.9. The van der Waals surface area contributed by atoms with E-state index in [1.165, 1.54) is 17.8 Å². The monoisotopic (exact) mass is 325 g/mol. The van der Waals surface area contributed by atoms with Crippen LogP contribution >= 0.6 is 11.8 Å². The summed E-state index contributed by atoms with van der Waals surface area (Å²) >= 11 is 1.33. The molecule has 1 heterocycles. The van der Waals surface area contributed by atoms with Gasteiger partial charge < -0.3 is 5.32 Å². The average molecular weight is 325 g/mol. The molecule has 116 valence electrons. The highest BCUT2D eigenvalue weighted by molar-refractivity contribution is 7.99. The Morgan fingerprint density at radius 3 is 2.95 bits per heavy atom. The van der Waals surface area contributed by atoms with Gasteiger partial charge in [-0.15, -0.1) is 16.9 Å². The van der Waals surface area contributed by atoms with Crippen LogP contribution in [0.1, 0.15) is 24.7 Å². The number of halogens is 2. The summed E-state index contributed by atoms with van der Waals surface area (Å²) in [6.45, 7) is 0. The number of hydrogen-bond donors (Lipinski definition) is 1. The van der Waals surface area contributed by atoms with Gasteiger partial charge in [0.15, 0.2) is 5.82 Å². The first-order chi connectivity index (χ1) is 10.6. The quantitative estimate of drug-likeness (QED) is 0.881. The number of carbonyl (C=O) groups excluding carboxylic acids is 1. The molecule has 0 saturated heterocycles. The van der Waals surface area contributed by atoms with E-state index >= 15 is 0 Å². The van der Waals surface area contributed by atoms with E-state index in [1.807, 2.05) is 0 Å². The second-order valence-electron chi connectivity index (χ2n) is 4.94. The zero-order valence-electron chi connectivity index (χ0n) is 11.5. The minimum atomic E-state index is -0.795. The van der Waals surface area contributed by atoms with Crippen LogP contribution in [0, 0.1) is 11.6 Å². The molecule has 9 heteroatoms. The molecule has 1 aromatic heterocycles. The van der Waals surface area contributed by atoms with Gasteiger partial charge in [0.05, 0.1) is 23.2 Å². The van der Waals surface area contributed by atoms with E-state index in [4.69, 9.17) is 0 Å². The molecule has 1 aliphatic rings. The van der Waals surface area contributed by atoms with Crippen molar-refractivity contribution in [1.29, 1.82) is 0 Å². The van der Waals surface area contributed by atoms with E-state index in [-0.39, 0.29) is 17.3 Å². The Morgan fingerprint density at radius 1 is 1.41 bits per heavy atom. The van der Waals surface area contributed by atoms with Crippen molar-refractivity contribution in [2.75, 3.05) is 11.1 Å². The van der Waals surface area contributed by atoms with Crippen molar-refractivity contribution < 1.29 is 13.6 Å². The van der Waals surface area contributed by atoms with Crippen LogP contribution in [-0.2, 0) is 10.5 Å². The van der Waals surface area contributed by atoms with Crippen molar-refractivity contribution >= 4 is 23.4 Å². The Kier molecular flexibility index (Phi) is 4.32. The lowest BCUT2D eigenvalue weighted by Gasteiger charge is -2.06. The third kappa shape index (κ3) is 3.59. The third-order valence-electron chi connectivity index (χ3n) is 3.12. The van der Waals surface area contributed by atoms with E-state index < -0.39 is 11.6 Å². The Labute approximate surface area is 129 Å². The summed E-state index contributed by atoms with van der Waals surface area (Å²) < 4.78 is 28.0. The Morgan fingerprint density at radius 2 is 2.23 bits per heavy atom. The number of hydrogen-bond acceptors (Lipinski definition) is 5. The minimum Gasteiger partial charge on any atom is -0.323 e. The number of benzene rings is 1. The second-order valence-corrected chi connectivity index (χ2v) is 5.92. The van der Waals surface area contributed by atoms with Gasteiger partial charge in [0, 0.05) is 6.07 Å². The van der Waals surface area contributed by atoms with Crippen LogP contribution in [0.3, 0.4) is 0 Å². The van der Waals surface area contributed by atoms with E-state index in [0.29, 0.717) is 11.8 Å². The molecule has 1 amide bonds. The Balaban J connectivity index is 1.49. The van der Waals surface area contributed by atoms with Gasteiger partial charge in [-0.05, 0) is 35.4 Å². The number of rotatable bonds is 6. The Bertz CT molecular complexity index is 689. The van der Waals surface area contributed by atoms with Gasteiger partial charge >= 0.3 is 0 Å². The third-order valence-corrected chi connectivity index (χ3v) is 4.05. The first-order valence-electron chi connectivity index (χ1n) is 6.73. The van der Waals surface area contributed by atoms with Gasteiger partial charge in [0.1, 0.15) is 11.6 Å². The molecule has 3 rings (SSSR count). The highest BCUT2D eigenvalue weighted by atomic mass is 32.2. The van der Waals surface area contributed by atoms with Gasteiger partial charge in [-0.2, -0.15) is 0 Å². The van der Waals surface area contributed by atoms with Crippen LogP contribution in [0.2, 0.25) is 0 Å². The largest absolute Gasteiger partial charge is 0.323 e. The summed E-state index contributed by atoms with van der Waals surface area (Å²) in [6.07, 6.45) is 2.15. The molecule has 1 saturated carbocycles. The zero-order valence-corrected chi connectivity index (χ0v) is 12.3. The van der Waals surface area contributed by atoms with Gasteiger partial charge in [-0.25, -0.2) is 13.5 Å². The molecular formula is C13H13F2N5OS. The van der Waals surface area contributed by atoms with Gasteiger partial charge in [-0.1, -0.05) is 0 Å². The maximum absolute atomic E-state index is 13.4. The predicted octanol–water partition coefficient (Wildman–Crippen LogP) is 2.16. The van der Waals surface area contributed by atoms with Crippen LogP contribution in [0.5, 0.6) is 0 Å². The van der Waals surface area contributed by atoms with Crippen LogP contribution in [-0.4, -0.2) is 31.9 Å². The summed E-state index contributed by atoms with van der Waals surface area (Å²) in [7, 11) is 0. The van der Waals surface area contributed by atoms with Gasteiger partial charge in [0.2, 0.25) is 5.91 Å². The molecule has 1 aliphatic carbocycles. The van der Waals surface area contributed by atoms with Crippen LogP contribution in [0.15, 0.2) is 18.2 Å². The molecule has 1 N–H and O–H groups in total. The number of aromatic nitrogens is 4. The molecule has 6 nitrogen and oxygen atoms in total. The van der Waals surface area contributed by atoms with Gasteiger partial charge in [0.25, 0.3) is 0 Å². The maximum atomic E-state index is 13.4. The van der Waals surface area contributed by atoms with Crippen molar-refractivity contribution in [1.82, 2.24) is 20.2 Å². The molecule has 2 aromatic rings. The molecule has 0 atom stereocenters. The fraction of sp³-hybridized carbons (Fsp3) is 0.385. The van der Waals surface area contributed by atoms with Crippen molar-refractivity contribution in [2.24, 2.45) is 0 Å². The average Bonchev–Trinajstić information content (AvgIpc) is 3.22. The lowest BCUT2D eigenvalue weighted by atomic mass is 10.3. The SMILES string of the molecule is O=C(CSCc1nnnn1C1CC1)Nc1ccc(F)cc1F. The lowest BCUT2D eigenvalue weighted by molar-refractivity contribution is -0.113. The topological polar surface area (TPSA) is 72.7 Å². The molecule has 0 unspecified atom stereocenters. The second kappa shape index (κ2) is 6.39. The summed E-state index contributed by atoms with van der Waals surface area (Å²) in [5.74, 6) is -0.473. The smallest absolute Gasteiger partial charge is 0.234 e.